The average molecular weight is 230 g/mol. The number of nitrogens with one attached hydrogen (secondary N) is 1. The molecule has 0 atom stereocenters. The van der Waals surface area contributed by atoms with Gasteiger partial charge in [-0.2, -0.15) is 0 Å². The van der Waals surface area contributed by atoms with Crippen LogP contribution in [0, 0.1) is 0 Å². The Hall–Kier alpha value is -0.500. The van der Waals surface area contributed by atoms with Gasteiger partial charge in [-0.3, -0.25) is 0 Å². The van der Waals surface area contributed by atoms with Crippen molar-refractivity contribution < 1.29 is 0 Å². The van der Waals surface area contributed by atoms with Gasteiger partial charge in [0.2, 0.25) is 0 Å². The van der Waals surface area contributed by atoms with Gasteiger partial charge in [0.25, 0.3) is 0 Å². The molecule has 3 heteroatoms. The molecule has 1 N–H and O–H groups in total. The fourth-order valence-corrected chi connectivity index (χ4v) is 1.66. The lowest BCUT2D eigenvalue weighted by molar-refractivity contribution is 0.809. The molecule has 0 aliphatic carbocycles. The number of hydrogen-bond donors (Lipinski definition) is 1. The van der Waals surface area contributed by atoms with Crippen molar-refractivity contribution in [3.05, 3.63) is 39.9 Å². The molecule has 0 aliphatic rings. The van der Waals surface area contributed by atoms with Crippen LogP contribution in [0.25, 0.3) is 6.08 Å². The zero-order valence-corrected chi connectivity index (χ0v) is 9.57. The van der Waals surface area contributed by atoms with Crippen molar-refractivity contribution in [2.75, 3.05) is 13.6 Å². The molecule has 0 saturated heterocycles. The highest BCUT2D eigenvalue weighted by atomic mass is 35.5. The van der Waals surface area contributed by atoms with Gasteiger partial charge in [-0.25, -0.2) is 0 Å². The highest BCUT2D eigenvalue weighted by molar-refractivity contribution is 6.34. The molecule has 0 aliphatic heterocycles. The minimum Gasteiger partial charge on any atom is -0.319 e. The molecule has 0 heterocycles. The number of rotatable bonds is 4. The fourth-order valence-electron chi connectivity index (χ4n) is 1.12. The first-order valence-electron chi connectivity index (χ1n) is 4.49. The Morgan fingerprint density at radius 3 is 2.43 bits per heavy atom. The third-order valence-corrected chi connectivity index (χ3v) is 2.19. The van der Waals surface area contributed by atoms with E-state index in [1.54, 1.807) is 6.07 Å². The van der Waals surface area contributed by atoms with Gasteiger partial charge in [-0.05, 0) is 43.8 Å². The molecular weight excluding hydrogens is 217 g/mol. The predicted molar refractivity (Wildman–Crippen MR) is 64.0 cm³/mol. The van der Waals surface area contributed by atoms with E-state index in [-0.39, 0.29) is 0 Å². The van der Waals surface area contributed by atoms with Gasteiger partial charge in [-0.1, -0.05) is 35.4 Å². The smallest absolute Gasteiger partial charge is 0.0426 e. The monoisotopic (exact) mass is 229 g/mol. The van der Waals surface area contributed by atoms with Crippen molar-refractivity contribution >= 4 is 29.3 Å². The lowest BCUT2D eigenvalue weighted by Gasteiger charge is -1.97. The second-order valence-corrected chi connectivity index (χ2v) is 3.87. The molecule has 1 aromatic rings. The molecule has 14 heavy (non-hydrogen) atoms. The molecule has 0 aromatic heterocycles. The van der Waals surface area contributed by atoms with E-state index in [9.17, 15) is 0 Å². The van der Waals surface area contributed by atoms with E-state index in [1.807, 2.05) is 25.3 Å². The summed E-state index contributed by atoms with van der Waals surface area (Å²) in [6.45, 7) is 0.977. The second kappa shape index (κ2) is 6.07. The Morgan fingerprint density at radius 2 is 1.86 bits per heavy atom. The maximum Gasteiger partial charge on any atom is 0.0426 e. The van der Waals surface area contributed by atoms with Crippen molar-refractivity contribution in [2.45, 2.75) is 6.42 Å². The molecule has 0 radical (unpaired) electrons. The molecule has 0 unspecified atom stereocenters. The van der Waals surface area contributed by atoms with Crippen LogP contribution in [0.2, 0.25) is 10.0 Å². The van der Waals surface area contributed by atoms with Gasteiger partial charge in [0.1, 0.15) is 0 Å². The molecular formula is C11H13Cl2N. The summed E-state index contributed by atoms with van der Waals surface area (Å²) in [4.78, 5) is 0. The summed E-state index contributed by atoms with van der Waals surface area (Å²) < 4.78 is 0. The summed E-state index contributed by atoms with van der Waals surface area (Å²) in [6.07, 6.45) is 5.12. The second-order valence-electron chi connectivity index (χ2n) is 3.00. The third-order valence-electron chi connectivity index (χ3n) is 1.76. The minimum absolute atomic E-state index is 0.672. The van der Waals surface area contributed by atoms with Gasteiger partial charge >= 0.3 is 0 Å². The van der Waals surface area contributed by atoms with Gasteiger partial charge in [0, 0.05) is 10.0 Å². The lowest BCUT2D eigenvalue weighted by atomic mass is 10.2. The van der Waals surface area contributed by atoms with Gasteiger partial charge < -0.3 is 5.32 Å². The van der Waals surface area contributed by atoms with Gasteiger partial charge in [0.15, 0.2) is 0 Å². The first kappa shape index (κ1) is 11.6. The Labute approximate surface area is 94.7 Å². The first-order chi connectivity index (χ1) is 6.72. The number of benzene rings is 1. The number of hydrogen-bond acceptors (Lipinski definition) is 1. The molecule has 1 aromatic carbocycles. The summed E-state index contributed by atoms with van der Waals surface area (Å²) in [5.74, 6) is 0. The van der Waals surface area contributed by atoms with Crippen LogP contribution >= 0.6 is 23.2 Å². The summed E-state index contributed by atoms with van der Waals surface area (Å²) in [5, 5.41) is 4.42. The Balaban J connectivity index is 2.62. The van der Waals surface area contributed by atoms with Crippen molar-refractivity contribution in [2.24, 2.45) is 0 Å². The lowest BCUT2D eigenvalue weighted by Crippen LogP contribution is -2.05. The van der Waals surface area contributed by atoms with E-state index < -0.39 is 0 Å². The van der Waals surface area contributed by atoms with E-state index in [4.69, 9.17) is 23.2 Å². The third kappa shape index (κ3) is 4.14. The van der Waals surface area contributed by atoms with Crippen LogP contribution in [0.3, 0.4) is 0 Å². The molecule has 1 nitrogen and oxygen atoms in total. The Bertz CT molecular complexity index is 301. The first-order valence-corrected chi connectivity index (χ1v) is 5.25. The summed E-state index contributed by atoms with van der Waals surface area (Å²) in [5.41, 5.74) is 1.04. The van der Waals surface area contributed by atoms with Crippen LogP contribution < -0.4 is 5.32 Å². The van der Waals surface area contributed by atoms with Gasteiger partial charge in [0.05, 0.1) is 0 Å². The van der Waals surface area contributed by atoms with Crippen LogP contribution in [-0.2, 0) is 0 Å². The maximum absolute atomic E-state index is 5.86. The zero-order chi connectivity index (χ0) is 10.4. The van der Waals surface area contributed by atoms with E-state index >= 15 is 0 Å². The van der Waals surface area contributed by atoms with E-state index in [1.165, 1.54) is 0 Å². The van der Waals surface area contributed by atoms with Crippen molar-refractivity contribution in [3.8, 4) is 0 Å². The van der Waals surface area contributed by atoms with Gasteiger partial charge in [-0.15, -0.1) is 0 Å². The topological polar surface area (TPSA) is 12.0 Å². The average Bonchev–Trinajstić information content (AvgIpc) is 2.11. The van der Waals surface area contributed by atoms with E-state index in [0.29, 0.717) is 10.0 Å². The van der Waals surface area contributed by atoms with E-state index in [0.717, 1.165) is 18.5 Å². The van der Waals surface area contributed by atoms with Crippen LogP contribution in [0.4, 0.5) is 0 Å². The highest BCUT2D eigenvalue weighted by Crippen LogP contribution is 2.19. The Kier molecular flexibility index (Phi) is 5.02. The summed E-state index contributed by atoms with van der Waals surface area (Å²) >= 11 is 11.7. The standard InChI is InChI=1S/C11H13Cl2N/c1-14-5-3-2-4-9-6-10(12)8-11(13)7-9/h2,4,6-8,14H,3,5H2,1H3. The van der Waals surface area contributed by atoms with Crippen molar-refractivity contribution in [1.82, 2.24) is 5.32 Å². The summed E-state index contributed by atoms with van der Waals surface area (Å²) in [6, 6.07) is 5.51. The molecule has 0 saturated carbocycles. The quantitative estimate of drug-likeness (QED) is 0.779. The van der Waals surface area contributed by atoms with Crippen LogP contribution in [0.1, 0.15) is 12.0 Å². The fraction of sp³-hybridized carbons (Fsp3) is 0.273. The molecule has 0 spiro atoms. The summed E-state index contributed by atoms with van der Waals surface area (Å²) in [7, 11) is 1.93. The van der Waals surface area contributed by atoms with Crippen molar-refractivity contribution in [3.63, 3.8) is 0 Å². The SMILES string of the molecule is CNCCC=Cc1cc(Cl)cc(Cl)c1. The van der Waals surface area contributed by atoms with Crippen LogP contribution in [-0.4, -0.2) is 13.6 Å². The molecule has 76 valence electrons. The maximum atomic E-state index is 5.86. The minimum atomic E-state index is 0.672. The normalized spacial score (nSPS) is 11.1. The molecule has 0 bridgehead atoms. The predicted octanol–water partition coefficient (Wildman–Crippen LogP) is 3.62. The molecule has 0 amide bonds. The van der Waals surface area contributed by atoms with E-state index in [2.05, 4.69) is 11.4 Å². The Morgan fingerprint density at radius 1 is 1.21 bits per heavy atom. The molecule has 0 fully saturated rings. The van der Waals surface area contributed by atoms with Crippen LogP contribution in [0.15, 0.2) is 24.3 Å². The number of halogens is 2. The zero-order valence-electron chi connectivity index (χ0n) is 8.06. The largest absolute Gasteiger partial charge is 0.319 e. The van der Waals surface area contributed by atoms with Crippen LogP contribution in [0.5, 0.6) is 0 Å². The van der Waals surface area contributed by atoms with Crippen molar-refractivity contribution in [1.29, 1.82) is 0 Å². The highest BCUT2D eigenvalue weighted by Gasteiger charge is 1.94. The molecule has 1 rings (SSSR count).